The minimum atomic E-state index is -2.35. The van der Waals surface area contributed by atoms with Crippen molar-refractivity contribution in [3.8, 4) is 0 Å². The molecule has 0 rings (SSSR count). The number of hydrogen-bond acceptors (Lipinski definition) is 3. The van der Waals surface area contributed by atoms with Crippen molar-refractivity contribution in [2.75, 3.05) is 0 Å². The molecule has 0 fully saturated rings. The molecule has 0 aromatic carbocycles. The fourth-order valence-corrected chi connectivity index (χ4v) is 0. The van der Waals surface area contributed by atoms with E-state index in [9.17, 15) is 0 Å². The Balaban J connectivity index is 3.17. The summed E-state index contributed by atoms with van der Waals surface area (Å²) in [4.78, 5) is 8.62. The van der Waals surface area contributed by atoms with Crippen molar-refractivity contribution >= 4 is 8.56 Å². The summed E-state index contributed by atoms with van der Waals surface area (Å²) in [6, 6.07) is 0. The van der Waals surface area contributed by atoms with Gasteiger partial charge < -0.3 is 9.32 Å². The van der Waals surface area contributed by atoms with E-state index in [2.05, 4.69) is 10.4 Å². The highest BCUT2D eigenvalue weighted by molar-refractivity contribution is 6.62. The van der Waals surface area contributed by atoms with Gasteiger partial charge in [-0.25, -0.2) is 5.90 Å². The van der Waals surface area contributed by atoms with Gasteiger partial charge in [0.15, 0.2) is 0 Å². The van der Waals surface area contributed by atoms with Gasteiger partial charge in [-0.3, -0.25) is 0 Å². The van der Waals surface area contributed by atoms with E-state index in [0.29, 0.717) is 0 Å². The highest BCUT2D eigenvalue weighted by Crippen LogP contribution is 1.89. The van der Waals surface area contributed by atoms with Gasteiger partial charge in [-0.1, -0.05) is 0 Å². The molecule has 6 heavy (non-hydrogen) atoms. The van der Waals surface area contributed by atoms with Gasteiger partial charge in [-0.15, -0.1) is 0 Å². The largest absolute Gasteiger partial charge is 0.410 e. The molecule has 4 heteroatoms. The number of nitrogens with two attached hydrogens (primary N) is 1. The third-order valence-electron chi connectivity index (χ3n) is 0.288. The van der Waals surface area contributed by atoms with E-state index in [1.54, 1.807) is 13.1 Å². The second-order valence-corrected chi connectivity index (χ2v) is 4.69. The molecule has 0 saturated heterocycles. The lowest BCUT2D eigenvalue weighted by Gasteiger charge is -2.06. The van der Waals surface area contributed by atoms with Crippen LogP contribution in [0.1, 0.15) is 0 Å². The van der Waals surface area contributed by atoms with Crippen LogP contribution in [-0.2, 0) is 4.53 Å². The van der Waals surface area contributed by atoms with Crippen LogP contribution in [0.25, 0.3) is 0 Å². The molecule has 0 aliphatic heterocycles. The molecule has 0 aliphatic carbocycles. The summed E-state index contributed by atoms with van der Waals surface area (Å²) in [6.07, 6.45) is 0. The molecular formula is C2H9NO2Si. The lowest BCUT2D eigenvalue weighted by atomic mass is 11.9. The van der Waals surface area contributed by atoms with Gasteiger partial charge in [0.25, 0.3) is 0 Å². The highest BCUT2D eigenvalue weighted by atomic mass is 28.4. The van der Waals surface area contributed by atoms with Crippen LogP contribution in [0.2, 0.25) is 13.1 Å². The van der Waals surface area contributed by atoms with Crippen molar-refractivity contribution < 1.29 is 9.32 Å². The molecule has 3 N–H and O–H groups in total. The minimum absolute atomic E-state index is 1.59. The van der Waals surface area contributed by atoms with Crippen LogP contribution in [0.5, 0.6) is 0 Å². The van der Waals surface area contributed by atoms with Gasteiger partial charge in [-0.2, -0.15) is 0 Å². The van der Waals surface area contributed by atoms with E-state index >= 15 is 0 Å². The van der Waals surface area contributed by atoms with Crippen molar-refractivity contribution in [2.45, 2.75) is 13.1 Å². The van der Waals surface area contributed by atoms with Crippen LogP contribution >= 0.6 is 0 Å². The van der Waals surface area contributed by atoms with Crippen molar-refractivity contribution in [3.63, 3.8) is 0 Å². The Hall–Kier alpha value is 0.0969. The summed E-state index contributed by atoms with van der Waals surface area (Å²) in [5.41, 5.74) is 0. The molecule has 38 valence electrons. The maximum atomic E-state index is 8.62. The monoisotopic (exact) mass is 107 g/mol. The first-order chi connectivity index (χ1) is 2.56. The fraction of sp³-hybridized carbons (Fsp3) is 1.00. The van der Waals surface area contributed by atoms with Crippen molar-refractivity contribution in [3.05, 3.63) is 0 Å². The molecule has 3 nitrogen and oxygen atoms in total. The first-order valence-electron chi connectivity index (χ1n) is 1.66. The van der Waals surface area contributed by atoms with E-state index in [1.165, 1.54) is 0 Å². The minimum Gasteiger partial charge on any atom is -0.410 e. The molecular weight excluding hydrogens is 98.1 g/mol. The molecule has 0 saturated carbocycles. The topological polar surface area (TPSA) is 55.5 Å². The average Bonchev–Trinajstić information content (AvgIpc) is 1.35. The Bertz CT molecular complexity index is 41.3. The predicted octanol–water partition coefficient (Wildman–Crippen LogP) is -0.429. The molecule has 0 aromatic rings. The van der Waals surface area contributed by atoms with Crippen molar-refractivity contribution in [1.29, 1.82) is 0 Å². The smallest absolute Gasteiger partial charge is 0.348 e. The molecule has 0 radical (unpaired) electrons. The van der Waals surface area contributed by atoms with Crippen LogP contribution < -0.4 is 5.90 Å². The molecule has 0 spiro atoms. The second kappa shape index (κ2) is 1.70. The second-order valence-electron chi connectivity index (χ2n) is 1.56. The van der Waals surface area contributed by atoms with E-state index in [-0.39, 0.29) is 0 Å². The number of hydrogen-bond donors (Lipinski definition) is 2. The third-order valence-corrected chi connectivity index (χ3v) is 0.865. The van der Waals surface area contributed by atoms with Gasteiger partial charge in [0.05, 0.1) is 0 Å². The van der Waals surface area contributed by atoms with E-state index in [1.807, 2.05) is 0 Å². The molecule has 0 bridgehead atoms. The Kier molecular flexibility index (Phi) is 1.73. The van der Waals surface area contributed by atoms with Crippen LogP contribution in [0.3, 0.4) is 0 Å². The van der Waals surface area contributed by atoms with Crippen molar-refractivity contribution in [1.82, 2.24) is 0 Å². The zero-order valence-corrected chi connectivity index (χ0v) is 4.93. The Labute approximate surface area is 37.9 Å². The first-order valence-corrected chi connectivity index (χ1v) is 4.52. The lowest BCUT2D eigenvalue weighted by Crippen LogP contribution is -2.33. The summed E-state index contributed by atoms with van der Waals surface area (Å²) in [5, 5.41) is 0. The Morgan fingerprint density at radius 3 is 1.83 bits per heavy atom. The van der Waals surface area contributed by atoms with Crippen LogP contribution in [0, 0.1) is 0 Å². The summed E-state index contributed by atoms with van der Waals surface area (Å²) >= 11 is 0. The van der Waals surface area contributed by atoms with Crippen LogP contribution in [0.15, 0.2) is 0 Å². The first kappa shape index (κ1) is 6.10. The Morgan fingerprint density at radius 2 is 1.83 bits per heavy atom. The third kappa shape index (κ3) is 4.10. The van der Waals surface area contributed by atoms with Gasteiger partial charge in [0.2, 0.25) is 0 Å². The van der Waals surface area contributed by atoms with E-state index < -0.39 is 8.56 Å². The molecule has 0 heterocycles. The molecule has 0 aromatic heterocycles. The summed E-state index contributed by atoms with van der Waals surface area (Å²) in [6.45, 7) is 3.18. The standard InChI is InChI=1S/C2H9NO2Si/c1-6(2,4)5-3/h4H,3H2,1-2H3. The average molecular weight is 107 g/mol. The van der Waals surface area contributed by atoms with Crippen LogP contribution in [-0.4, -0.2) is 13.4 Å². The van der Waals surface area contributed by atoms with E-state index in [0.717, 1.165) is 0 Å². The lowest BCUT2D eigenvalue weighted by molar-refractivity contribution is 0.250. The molecule has 0 amide bonds. The summed E-state index contributed by atoms with van der Waals surface area (Å²) in [7, 11) is -2.35. The SMILES string of the molecule is C[Si](C)(O)ON. The molecule has 0 atom stereocenters. The van der Waals surface area contributed by atoms with Crippen LogP contribution in [0.4, 0.5) is 0 Å². The quantitative estimate of drug-likeness (QED) is 0.353. The zero-order valence-electron chi connectivity index (χ0n) is 3.93. The predicted molar refractivity (Wildman–Crippen MR) is 25.0 cm³/mol. The van der Waals surface area contributed by atoms with Gasteiger partial charge in [0, 0.05) is 0 Å². The maximum absolute atomic E-state index is 8.62. The fourth-order valence-electron chi connectivity index (χ4n) is 0. The molecule has 0 aliphatic rings. The highest BCUT2D eigenvalue weighted by Gasteiger charge is 2.15. The van der Waals surface area contributed by atoms with Gasteiger partial charge in [0.1, 0.15) is 0 Å². The van der Waals surface area contributed by atoms with Gasteiger partial charge >= 0.3 is 8.56 Å². The zero-order chi connectivity index (χ0) is 5.21. The number of rotatable bonds is 1. The summed E-state index contributed by atoms with van der Waals surface area (Å²) < 4.78 is 4.13. The summed E-state index contributed by atoms with van der Waals surface area (Å²) in [5.74, 6) is 4.62. The molecule has 0 unspecified atom stereocenters. The van der Waals surface area contributed by atoms with Crippen molar-refractivity contribution in [2.24, 2.45) is 5.90 Å². The van der Waals surface area contributed by atoms with E-state index in [4.69, 9.17) is 4.80 Å². The maximum Gasteiger partial charge on any atom is 0.348 e. The Morgan fingerprint density at radius 1 is 1.67 bits per heavy atom. The normalized spacial score (nSPS) is 12.0. The van der Waals surface area contributed by atoms with Gasteiger partial charge in [-0.05, 0) is 13.1 Å².